The van der Waals surface area contributed by atoms with E-state index in [0.29, 0.717) is 31.6 Å². The largest absolute Gasteiger partial charge is 0.473 e. The molecule has 1 aromatic heterocycles. The van der Waals surface area contributed by atoms with Gasteiger partial charge in [-0.1, -0.05) is 44.4 Å². The lowest BCUT2D eigenvalue weighted by Crippen LogP contribution is -2.60. The summed E-state index contributed by atoms with van der Waals surface area (Å²) in [6.45, 7) is 2.21. The van der Waals surface area contributed by atoms with Crippen LogP contribution in [0.15, 0.2) is 35.1 Å². The van der Waals surface area contributed by atoms with Crippen molar-refractivity contribution in [1.82, 2.24) is 24.8 Å². The maximum absolute atomic E-state index is 14.7. The molecule has 14 nitrogen and oxygen atoms in total. The van der Waals surface area contributed by atoms with E-state index >= 15 is 0 Å². The Bertz CT molecular complexity index is 1710. The fourth-order valence-electron chi connectivity index (χ4n) is 9.04. The van der Waals surface area contributed by atoms with Crippen molar-refractivity contribution in [2.45, 2.75) is 145 Å². The predicted octanol–water partition coefficient (Wildman–Crippen LogP) is 2.69. The van der Waals surface area contributed by atoms with E-state index in [0.717, 1.165) is 57.8 Å². The van der Waals surface area contributed by atoms with E-state index in [1.54, 1.807) is 12.1 Å². The summed E-state index contributed by atoms with van der Waals surface area (Å²) in [7, 11) is -3.76. The van der Waals surface area contributed by atoms with Crippen LogP contribution in [0, 0.1) is 17.8 Å². The van der Waals surface area contributed by atoms with E-state index in [4.69, 9.17) is 9.47 Å². The number of allylic oxidation sites excluding steroid dienone is 2. The van der Waals surface area contributed by atoms with Crippen molar-refractivity contribution in [3.63, 3.8) is 0 Å². The van der Waals surface area contributed by atoms with Crippen molar-refractivity contribution in [2.75, 3.05) is 6.54 Å². The number of carbonyl (C=O) groups excluding carboxylic acids is 3. The number of hydrogen-bond acceptors (Lipinski definition) is 9. The lowest BCUT2D eigenvalue weighted by atomic mass is 9.96. The van der Waals surface area contributed by atoms with Gasteiger partial charge >= 0.3 is 6.09 Å². The Hall–Kier alpha value is -3.43. The van der Waals surface area contributed by atoms with Gasteiger partial charge in [-0.2, -0.15) is 4.72 Å². The lowest BCUT2D eigenvalue weighted by molar-refractivity contribution is -0.141. The number of nitrogens with zero attached hydrogens (tertiary/aromatic N) is 2. The highest BCUT2D eigenvalue weighted by Gasteiger charge is 2.61. The first-order valence-corrected chi connectivity index (χ1v) is 20.8. The number of sulfonamides is 1. The smallest absolute Gasteiger partial charge is 0.408 e. The first-order chi connectivity index (χ1) is 25.0. The Morgan fingerprint density at radius 1 is 1.02 bits per heavy atom. The number of amides is 3. The van der Waals surface area contributed by atoms with E-state index in [1.807, 2.05) is 19.1 Å². The topological polar surface area (TPSA) is 185 Å². The first-order valence-electron chi connectivity index (χ1n) is 19.3. The fourth-order valence-corrected chi connectivity index (χ4v) is 10.5. The van der Waals surface area contributed by atoms with Crippen molar-refractivity contribution in [3.8, 4) is 5.88 Å². The Kier molecular flexibility index (Phi) is 10.7. The number of aliphatic hydroxyl groups is 1. The minimum atomic E-state index is -3.76. The second kappa shape index (κ2) is 15.1. The highest BCUT2D eigenvalue weighted by atomic mass is 32.2. The minimum absolute atomic E-state index is 0.0154. The zero-order valence-electron chi connectivity index (χ0n) is 29.9. The lowest BCUT2D eigenvalue weighted by Gasteiger charge is -2.33. The van der Waals surface area contributed by atoms with Crippen LogP contribution >= 0.6 is 0 Å². The Morgan fingerprint density at radius 3 is 2.52 bits per heavy atom. The molecule has 5 fully saturated rings. The van der Waals surface area contributed by atoms with Crippen LogP contribution in [-0.4, -0.2) is 88.8 Å². The van der Waals surface area contributed by atoms with E-state index in [9.17, 15) is 32.7 Å². The molecule has 1 unspecified atom stereocenters. The maximum Gasteiger partial charge on any atom is 0.408 e. The zero-order valence-corrected chi connectivity index (χ0v) is 30.7. The van der Waals surface area contributed by atoms with Gasteiger partial charge in [-0.15, -0.1) is 0 Å². The molecule has 6 aliphatic rings. The Morgan fingerprint density at radius 2 is 1.79 bits per heavy atom. The summed E-state index contributed by atoms with van der Waals surface area (Å²) in [5.74, 6) is -0.776. The molecule has 52 heavy (non-hydrogen) atoms. The third-order valence-electron chi connectivity index (χ3n) is 12.3. The first kappa shape index (κ1) is 36.9. The van der Waals surface area contributed by atoms with Gasteiger partial charge in [-0.25, -0.2) is 13.2 Å². The average molecular weight is 744 g/mol. The van der Waals surface area contributed by atoms with Crippen LogP contribution in [0.3, 0.4) is 0 Å². The number of fused-ring (bicyclic) bond motifs is 4. The molecule has 8 atom stereocenters. The van der Waals surface area contributed by atoms with Gasteiger partial charge in [-0.05, 0) is 88.0 Å². The Balaban J connectivity index is 1.19. The van der Waals surface area contributed by atoms with Crippen LogP contribution in [0.1, 0.15) is 96.8 Å². The van der Waals surface area contributed by atoms with Gasteiger partial charge in [0.2, 0.25) is 21.8 Å². The van der Waals surface area contributed by atoms with Gasteiger partial charge in [0.05, 0.1) is 17.3 Å². The third-order valence-corrected chi connectivity index (χ3v) is 14.2. The van der Waals surface area contributed by atoms with Crippen LogP contribution in [0.25, 0.3) is 0 Å². The second-order valence-corrected chi connectivity index (χ2v) is 17.7. The number of hydrogen-bond donors (Lipinski definition) is 4. The van der Waals surface area contributed by atoms with E-state index < -0.39 is 63.1 Å². The molecule has 1 aromatic rings. The summed E-state index contributed by atoms with van der Waals surface area (Å²) in [5, 5.41) is 16.6. The molecule has 4 N–H and O–H groups in total. The van der Waals surface area contributed by atoms with E-state index in [2.05, 4.69) is 15.4 Å². The normalized spacial score (nSPS) is 34.2. The number of rotatable bonds is 8. The fraction of sp³-hybridized carbons (Fsp3) is 0.730. The summed E-state index contributed by atoms with van der Waals surface area (Å²) >= 11 is 0. The quantitative estimate of drug-likeness (QED) is 0.230. The molecule has 7 rings (SSSR count). The van der Waals surface area contributed by atoms with Crippen LogP contribution < -0.4 is 25.7 Å². The highest BCUT2D eigenvalue weighted by molar-refractivity contribution is 7.90. The van der Waals surface area contributed by atoms with Gasteiger partial charge in [0.25, 0.3) is 5.56 Å². The van der Waals surface area contributed by atoms with Crippen molar-refractivity contribution in [1.29, 1.82) is 0 Å². The molecule has 15 heteroatoms. The summed E-state index contributed by atoms with van der Waals surface area (Å²) in [6.07, 6.45) is 10.5. The molecular formula is C37H53N5O9S. The molecule has 2 aliphatic heterocycles. The zero-order chi connectivity index (χ0) is 36.6. The monoisotopic (exact) mass is 743 g/mol. The Labute approximate surface area is 305 Å². The number of alkyl carbamates (subject to hydrolysis) is 1. The van der Waals surface area contributed by atoms with E-state index in [-0.39, 0.29) is 48.9 Å². The molecule has 0 spiro atoms. The van der Waals surface area contributed by atoms with Gasteiger partial charge in [0.1, 0.15) is 30.5 Å². The highest BCUT2D eigenvalue weighted by Crippen LogP contribution is 2.48. The standard InChI is InChI=1S/C37H53N5O9S/c1-2-25-21-37(25,35(46)40-52(48,49)27-17-18-27)39-33(44)28-20-26-22-42(28)34(45)32(24-11-5-6-12-24)38-36(47)51-29-14-8-13-23(29)10-4-3-7-19-41-30(43)15-9-16-31(41)50-26/h3,7,9,15-16,23-29,32,35,40,46H,2,4-6,8,10-14,17-22H2,1H3,(H,38,47)(H,39,44)/b7-3+/t23-,25-,26-,28+,29-,32+,35?,37-/m1/s1. The van der Waals surface area contributed by atoms with Crippen LogP contribution in [0.4, 0.5) is 4.79 Å². The summed E-state index contributed by atoms with van der Waals surface area (Å²) in [5.41, 5.74) is -1.47. The molecule has 286 valence electrons. The number of ether oxygens (including phenoxy) is 2. The SMILES string of the molecule is CC[C@@H]1C[C@]1(NC(=O)[C@@H]1C[C@@H]2CN1C(=O)[C@H](C1CCCC1)NC(=O)O[C@@H]1CCC[C@H]1CC/C=C/Cn1c(cccc1=O)O2)C(O)NS(=O)(=O)C1CC1. The van der Waals surface area contributed by atoms with Gasteiger partial charge < -0.3 is 30.1 Å². The number of aromatic nitrogens is 1. The molecule has 0 radical (unpaired) electrons. The van der Waals surface area contributed by atoms with Gasteiger partial charge in [0.15, 0.2) is 5.88 Å². The van der Waals surface area contributed by atoms with Crippen molar-refractivity contribution in [2.24, 2.45) is 17.8 Å². The van der Waals surface area contributed by atoms with Crippen molar-refractivity contribution in [3.05, 3.63) is 40.7 Å². The molecule has 4 aliphatic carbocycles. The number of pyridine rings is 1. The van der Waals surface area contributed by atoms with Crippen LogP contribution in [-0.2, 0) is 30.9 Å². The number of nitrogens with one attached hydrogen (secondary N) is 3. The molecule has 3 amide bonds. The van der Waals surface area contributed by atoms with Crippen molar-refractivity contribution < 1.29 is 37.4 Å². The molecule has 4 saturated carbocycles. The second-order valence-electron chi connectivity index (χ2n) is 15.7. The number of aliphatic hydroxyl groups excluding tert-OH is 1. The predicted molar refractivity (Wildman–Crippen MR) is 190 cm³/mol. The maximum atomic E-state index is 14.7. The van der Waals surface area contributed by atoms with Crippen LogP contribution in [0.5, 0.6) is 5.88 Å². The van der Waals surface area contributed by atoms with Gasteiger partial charge in [0, 0.05) is 19.0 Å². The molecular weight excluding hydrogens is 691 g/mol. The average Bonchev–Trinajstić information content (AvgIpc) is 3.90. The summed E-state index contributed by atoms with van der Waals surface area (Å²) in [4.78, 5) is 57.0. The minimum Gasteiger partial charge on any atom is -0.473 e. The van der Waals surface area contributed by atoms with Crippen molar-refractivity contribution >= 4 is 27.9 Å². The van der Waals surface area contributed by atoms with Gasteiger partial charge in [-0.3, -0.25) is 19.0 Å². The van der Waals surface area contributed by atoms with E-state index in [1.165, 1.54) is 15.5 Å². The molecule has 2 bridgehead atoms. The third kappa shape index (κ3) is 7.77. The molecule has 1 saturated heterocycles. The van der Waals surface area contributed by atoms with Crippen LogP contribution in [0.2, 0.25) is 0 Å². The molecule has 3 heterocycles. The molecule has 0 aromatic carbocycles. The summed E-state index contributed by atoms with van der Waals surface area (Å²) < 4.78 is 41.9. The number of carbonyl (C=O) groups is 3. The summed E-state index contributed by atoms with van der Waals surface area (Å²) in [6, 6.07) is 2.80.